The lowest BCUT2D eigenvalue weighted by Crippen LogP contribution is -2.29. The summed E-state index contributed by atoms with van der Waals surface area (Å²) in [7, 11) is 1.50. The average molecular weight is 476 g/mol. The number of amides is 1. The molecule has 1 aliphatic rings. The van der Waals surface area contributed by atoms with Gasteiger partial charge in [-0.2, -0.15) is 0 Å². The SMILES string of the molecule is COc1ccc(Cl)c(/C(O)=C2\C(=O)C(=O)N(c3ccccc3)C2c2ccc(C(C)(C)C)cc2)c1. The van der Waals surface area contributed by atoms with Gasteiger partial charge >= 0.3 is 0 Å². The van der Waals surface area contributed by atoms with Crippen LogP contribution in [0.3, 0.4) is 0 Å². The van der Waals surface area contributed by atoms with E-state index in [4.69, 9.17) is 16.3 Å². The first kappa shape index (κ1) is 23.6. The van der Waals surface area contributed by atoms with E-state index in [1.807, 2.05) is 30.3 Å². The van der Waals surface area contributed by atoms with Crippen molar-refractivity contribution in [3.8, 4) is 5.75 Å². The Labute approximate surface area is 204 Å². The summed E-state index contributed by atoms with van der Waals surface area (Å²) in [6, 6.07) is 20.7. The van der Waals surface area contributed by atoms with Gasteiger partial charge in [0.15, 0.2) is 0 Å². The molecule has 1 N–H and O–H groups in total. The Morgan fingerprint density at radius 2 is 1.62 bits per heavy atom. The van der Waals surface area contributed by atoms with E-state index in [2.05, 4.69) is 20.8 Å². The molecule has 0 spiro atoms. The summed E-state index contributed by atoms with van der Waals surface area (Å²) in [5, 5.41) is 11.6. The molecule has 3 aromatic carbocycles. The number of hydrogen-bond donors (Lipinski definition) is 1. The Bertz CT molecular complexity index is 1270. The summed E-state index contributed by atoms with van der Waals surface area (Å²) >= 11 is 6.37. The van der Waals surface area contributed by atoms with Crippen LogP contribution in [-0.4, -0.2) is 23.9 Å². The molecule has 34 heavy (non-hydrogen) atoms. The molecule has 1 fully saturated rings. The number of ketones is 1. The van der Waals surface area contributed by atoms with Crippen LogP contribution < -0.4 is 9.64 Å². The number of Topliss-reactive ketones (excluding diaryl/α,β-unsaturated/α-hetero) is 1. The van der Waals surface area contributed by atoms with E-state index in [1.54, 1.807) is 42.5 Å². The number of nitrogens with zero attached hydrogens (tertiary/aromatic N) is 1. The lowest BCUT2D eigenvalue weighted by molar-refractivity contribution is -0.132. The Kier molecular flexibility index (Phi) is 6.24. The van der Waals surface area contributed by atoms with Crippen molar-refractivity contribution in [2.45, 2.75) is 32.2 Å². The van der Waals surface area contributed by atoms with Crippen LogP contribution in [0.1, 0.15) is 43.5 Å². The Morgan fingerprint density at radius 1 is 0.971 bits per heavy atom. The molecule has 1 aliphatic heterocycles. The maximum atomic E-state index is 13.3. The van der Waals surface area contributed by atoms with Crippen LogP contribution >= 0.6 is 11.6 Å². The molecule has 0 saturated carbocycles. The van der Waals surface area contributed by atoms with Crippen LogP contribution in [0.2, 0.25) is 5.02 Å². The molecular formula is C28H26ClNO4. The second-order valence-electron chi connectivity index (χ2n) is 9.22. The molecule has 1 heterocycles. The molecule has 1 amide bonds. The number of carbonyl (C=O) groups excluding carboxylic acids is 2. The van der Waals surface area contributed by atoms with Gasteiger partial charge in [-0.05, 0) is 46.9 Å². The van der Waals surface area contributed by atoms with Crippen LogP contribution in [0, 0.1) is 0 Å². The first-order valence-corrected chi connectivity index (χ1v) is 11.3. The number of para-hydroxylation sites is 1. The number of ether oxygens (including phenoxy) is 1. The van der Waals surface area contributed by atoms with Crippen molar-refractivity contribution >= 4 is 34.7 Å². The minimum absolute atomic E-state index is 0.0208. The molecule has 5 nitrogen and oxygen atoms in total. The molecule has 0 bridgehead atoms. The summed E-state index contributed by atoms with van der Waals surface area (Å²) in [5.41, 5.74) is 2.52. The summed E-state index contributed by atoms with van der Waals surface area (Å²) in [6.45, 7) is 6.34. The van der Waals surface area contributed by atoms with Crippen molar-refractivity contribution in [2.24, 2.45) is 0 Å². The van der Waals surface area contributed by atoms with Gasteiger partial charge in [0.2, 0.25) is 0 Å². The number of benzene rings is 3. The van der Waals surface area contributed by atoms with E-state index in [9.17, 15) is 14.7 Å². The number of hydrogen-bond acceptors (Lipinski definition) is 4. The van der Waals surface area contributed by atoms with Gasteiger partial charge in [0, 0.05) is 11.3 Å². The summed E-state index contributed by atoms with van der Waals surface area (Å²) < 4.78 is 5.26. The summed E-state index contributed by atoms with van der Waals surface area (Å²) in [5.74, 6) is -1.36. The van der Waals surface area contributed by atoms with Crippen molar-refractivity contribution in [1.82, 2.24) is 0 Å². The zero-order valence-corrected chi connectivity index (χ0v) is 20.3. The van der Waals surface area contributed by atoms with Crippen molar-refractivity contribution < 1.29 is 19.4 Å². The third-order valence-corrected chi connectivity index (χ3v) is 6.33. The predicted octanol–water partition coefficient (Wildman–Crippen LogP) is 6.27. The second kappa shape index (κ2) is 8.99. The van der Waals surface area contributed by atoms with Crippen molar-refractivity contribution in [2.75, 3.05) is 12.0 Å². The quantitative estimate of drug-likeness (QED) is 0.274. The number of halogens is 1. The molecule has 1 unspecified atom stereocenters. The van der Waals surface area contributed by atoms with Gasteiger partial charge in [0.05, 0.1) is 23.7 Å². The fourth-order valence-electron chi connectivity index (χ4n) is 4.13. The van der Waals surface area contributed by atoms with Crippen LogP contribution in [-0.2, 0) is 15.0 Å². The average Bonchev–Trinajstić information content (AvgIpc) is 3.09. The molecule has 1 atom stereocenters. The van der Waals surface area contributed by atoms with Gasteiger partial charge in [-0.15, -0.1) is 0 Å². The molecule has 0 radical (unpaired) electrons. The monoisotopic (exact) mass is 475 g/mol. The summed E-state index contributed by atoms with van der Waals surface area (Å²) in [6.07, 6.45) is 0. The second-order valence-corrected chi connectivity index (χ2v) is 9.63. The van der Waals surface area contributed by atoms with Crippen molar-refractivity contribution in [1.29, 1.82) is 0 Å². The van der Waals surface area contributed by atoms with Gasteiger partial charge in [-0.1, -0.05) is 74.8 Å². The smallest absolute Gasteiger partial charge is 0.300 e. The van der Waals surface area contributed by atoms with Gasteiger partial charge in [0.1, 0.15) is 11.5 Å². The van der Waals surface area contributed by atoms with E-state index in [-0.39, 0.29) is 27.3 Å². The maximum absolute atomic E-state index is 13.3. The largest absolute Gasteiger partial charge is 0.507 e. The van der Waals surface area contributed by atoms with Gasteiger partial charge in [-0.25, -0.2) is 0 Å². The van der Waals surface area contributed by atoms with Gasteiger partial charge in [0.25, 0.3) is 11.7 Å². The molecule has 0 aliphatic carbocycles. The number of aliphatic hydroxyl groups excluding tert-OH is 1. The van der Waals surface area contributed by atoms with Gasteiger partial charge in [-0.3, -0.25) is 14.5 Å². The zero-order valence-electron chi connectivity index (χ0n) is 19.5. The van der Waals surface area contributed by atoms with Crippen LogP contribution in [0.25, 0.3) is 5.76 Å². The third-order valence-electron chi connectivity index (χ3n) is 6.00. The highest BCUT2D eigenvalue weighted by Gasteiger charge is 2.47. The Morgan fingerprint density at radius 3 is 2.21 bits per heavy atom. The third kappa shape index (κ3) is 4.19. The molecule has 6 heteroatoms. The number of methoxy groups -OCH3 is 1. The number of carbonyl (C=O) groups is 2. The molecule has 174 valence electrons. The normalized spacial score (nSPS) is 17.8. The predicted molar refractivity (Wildman–Crippen MR) is 134 cm³/mol. The van der Waals surface area contributed by atoms with E-state index >= 15 is 0 Å². The van der Waals surface area contributed by atoms with E-state index in [0.717, 1.165) is 5.56 Å². The molecule has 3 aromatic rings. The first-order valence-electron chi connectivity index (χ1n) is 10.9. The van der Waals surface area contributed by atoms with Crippen LogP contribution in [0.4, 0.5) is 5.69 Å². The topological polar surface area (TPSA) is 66.8 Å². The molecule has 1 saturated heterocycles. The standard InChI is InChI=1S/C28H26ClNO4/c1-28(2,3)18-12-10-17(11-13-18)24-23(25(31)21-16-20(34-4)14-15-22(21)29)26(32)27(33)30(24)19-8-6-5-7-9-19/h5-16,24,31H,1-4H3/b25-23+. The highest BCUT2D eigenvalue weighted by molar-refractivity contribution is 6.52. The minimum atomic E-state index is -0.821. The number of rotatable bonds is 4. The van der Waals surface area contributed by atoms with Crippen LogP contribution in [0.15, 0.2) is 78.4 Å². The fourth-order valence-corrected chi connectivity index (χ4v) is 4.33. The Hall–Kier alpha value is -3.57. The van der Waals surface area contributed by atoms with Crippen molar-refractivity contribution in [3.05, 3.63) is 100 Å². The van der Waals surface area contributed by atoms with E-state index < -0.39 is 17.7 Å². The van der Waals surface area contributed by atoms with Gasteiger partial charge < -0.3 is 9.84 Å². The minimum Gasteiger partial charge on any atom is -0.507 e. The lowest BCUT2D eigenvalue weighted by Gasteiger charge is -2.26. The van der Waals surface area contributed by atoms with E-state index in [0.29, 0.717) is 17.0 Å². The van der Waals surface area contributed by atoms with E-state index in [1.165, 1.54) is 12.0 Å². The summed E-state index contributed by atoms with van der Waals surface area (Å²) in [4.78, 5) is 28.0. The zero-order chi connectivity index (χ0) is 24.6. The molecule has 0 aromatic heterocycles. The highest BCUT2D eigenvalue weighted by atomic mass is 35.5. The number of anilines is 1. The number of aliphatic hydroxyl groups is 1. The fraction of sp³-hybridized carbons (Fsp3) is 0.214. The maximum Gasteiger partial charge on any atom is 0.300 e. The Balaban J connectivity index is 1.95. The van der Waals surface area contributed by atoms with Crippen LogP contribution in [0.5, 0.6) is 5.75 Å². The highest BCUT2D eigenvalue weighted by Crippen LogP contribution is 2.43. The molecular weight excluding hydrogens is 450 g/mol. The lowest BCUT2D eigenvalue weighted by atomic mass is 9.85. The first-order chi connectivity index (χ1) is 16.1. The molecule has 4 rings (SSSR count). The van der Waals surface area contributed by atoms with Crippen molar-refractivity contribution in [3.63, 3.8) is 0 Å².